The average Bonchev–Trinajstić information content (AvgIpc) is 3.11. The molecule has 0 aliphatic heterocycles. The zero-order valence-electron chi connectivity index (χ0n) is 21.1. The minimum absolute atomic E-state index is 0.0954. The van der Waals surface area contributed by atoms with Crippen molar-refractivity contribution < 1.29 is 10.2 Å². The Morgan fingerprint density at radius 1 is 1.03 bits per heavy atom. The van der Waals surface area contributed by atoms with Gasteiger partial charge >= 0.3 is 0 Å². The van der Waals surface area contributed by atoms with Crippen LogP contribution in [0.15, 0.2) is 11.6 Å². The van der Waals surface area contributed by atoms with Crippen LogP contribution in [0.4, 0.5) is 0 Å². The third kappa shape index (κ3) is 4.07. The van der Waals surface area contributed by atoms with E-state index in [0.29, 0.717) is 29.3 Å². The van der Waals surface area contributed by atoms with Gasteiger partial charge in [0.05, 0.1) is 6.10 Å². The molecule has 10 atom stereocenters. The van der Waals surface area contributed by atoms with E-state index in [1.807, 2.05) is 0 Å². The molecule has 2 nitrogen and oxygen atoms in total. The van der Waals surface area contributed by atoms with E-state index in [1.54, 1.807) is 5.57 Å². The minimum Gasteiger partial charge on any atom is -0.396 e. The molecule has 4 aliphatic carbocycles. The second kappa shape index (κ2) is 9.13. The highest BCUT2D eigenvalue weighted by Crippen LogP contribution is 2.67. The van der Waals surface area contributed by atoms with Crippen LogP contribution in [0.1, 0.15) is 105 Å². The number of allylic oxidation sites excluding steroid dienone is 1. The lowest BCUT2D eigenvalue weighted by molar-refractivity contribution is -0.0576. The third-order valence-corrected chi connectivity index (χ3v) is 11.4. The number of fused-ring (bicyclic) bond motifs is 5. The molecular formula is C29H50O2. The van der Waals surface area contributed by atoms with Gasteiger partial charge < -0.3 is 10.2 Å². The van der Waals surface area contributed by atoms with E-state index < -0.39 is 0 Å². The first-order chi connectivity index (χ1) is 14.7. The Morgan fingerprint density at radius 3 is 2.52 bits per heavy atom. The molecule has 2 heteroatoms. The highest BCUT2D eigenvalue weighted by atomic mass is 16.3. The summed E-state index contributed by atoms with van der Waals surface area (Å²) in [6.07, 6.45) is 16.4. The molecule has 0 bridgehead atoms. The van der Waals surface area contributed by atoms with E-state index in [9.17, 15) is 10.2 Å². The third-order valence-electron chi connectivity index (χ3n) is 11.4. The Labute approximate surface area is 192 Å². The normalized spacial score (nSPS) is 45.1. The molecule has 31 heavy (non-hydrogen) atoms. The van der Waals surface area contributed by atoms with Crippen LogP contribution in [0.3, 0.4) is 0 Å². The number of rotatable bonds is 7. The fourth-order valence-electron chi connectivity index (χ4n) is 9.34. The molecule has 3 fully saturated rings. The molecule has 4 aliphatic rings. The molecule has 0 aromatic rings. The van der Waals surface area contributed by atoms with Crippen LogP contribution in [0.2, 0.25) is 0 Å². The van der Waals surface area contributed by atoms with Crippen molar-refractivity contribution in [3.8, 4) is 0 Å². The van der Waals surface area contributed by atoms with Gasteiger partial charge in [-0.2, -0.15) is 0 Å². The van der Waals surface area contributed by atoms with Crippen LogP contribution in [0.25, 0.3) is 0 Å². The predicted molar refractivity (Wildman–Crippen MR) is 130 cm³/mol. The molecule has 3 saturated carbocycles. The van der Waals surface area contributed by atoms with Crippen LogP contribution in [0.5, 0.6) is 0 Å². The summed E-state index contributed by atoms with van der Waals surface area (Å²) in [7, 11) is 0. The lowest BCUT2D eigenvalue weighted by atomic mass is 9.47. The lowest BCUT2D eigenvalue weighted by Gasteiger charge is -2.58. The van der Waals surface area contributed by atoms with Crippen molar-refractivity contribution in [2.45, 2.75) is 111 Å². The van der Waals surface area contributed by atoms with Gasteiger partial charge in [-0.15, -0.1) is 0 Å². The monoisotopic (exact) mass is 430 g/mol. The summed E-state index contributed by atoms with van der Waals surface area (Å²) in [6, 6.07) is 0. The number of hydrogen-bond donors (Lipinski definition) is 2. The van der Waals surface area contributed by atoms with Crippen LogP contribution in [0, 0.1) is 52.3 Å². The number of hydrogen-bond acceptors (Lipinski definition) is 2. The van der Waals surface area contributed by atoms with E-state index in [1.165, 1.54) is 57.8 Å². The van der Waals surface area contributed by atoms with Gasteiger partial charge in [-0.05, 0) is 110 Å². The van der Waals surface area contributed by atoms with Gasteiger partial charge in [0.2, 0.25) is 0 Å². The minimum atomic E-state index is -0.0954. The van der Waals surface area contributed by atoms with Crippen LogP contribution < -0.4 is 0 Å². The maximum atomic E-state index is 10.2. The van der Waals surface area contributed by atoms with Gasteiger partial charge in [-0.1, -0.05) is 59.1 Å². The standard InChI is InChI=1S/C29H50O2/c1-6-21(20(3)18-30)8-7-19(2)25-11-12-26-24-10-9-22-17-23(31)13-15-28(22,4)27(24)14-16-29(25,26)5/h9,19-21,23-27,30-31H,6-8,10-18H2,1-5H3/t19-,20?,21?,23+,24+,25-,26+,27+,28+,29-/m1/s1. The Kier molecular flexibility index (Phi) is 7.01. The summed E-state index contributed by atoms with van der Waals surface area (Å²) in [5.41, 5.74) is 2.49. The van der Waals surface area contributed by atoms with Gasteiger partial charge in [0.15, 0.2) is 0 Å². The second-order valence-electron chi connectivity index (χ2n) is 12.8. The van der Waals surface area contributed by atoms with Crippen molar-refractivity contribution in [3.63, 3.8) is 0 Å². The molecule has 0 radical (unpaired) electrons. The van der Waals surface area contributed by atoms with E-state index in [-0.39, 0.29) is 6.10 Å². The molecule has 0 spiro atoms. The highest BCUT2D eigenvalue weighted by Gasteiger charge is 2.59. The lowest BCUT2D eigenvalue weighted by Crippen LogP contribution is -2.50. The van der Waals surface area contributed by atoms with Crippen molar-refractivity contribution in [1.82, 2.24) is 0 Å². The molecule has 0 saturated heterocycles. The van der Waals surface area contributed by atoms with E-state index in [2.05, 4.69) is 40.7 Å². The molecule has 2 N–H and O–H groups in total. The quantitative estimate of drug-likeness (QED) is 0.427. The summed E-state index contributed by atoms with van der Waals surface area (Å²) in [4.78, 5) is 0. The smallest absolute Gasteiger partial charge is 0.0577 e. The maximum absolute atomic E-state index is 10.2. The second-order valence-corrected chi connectivity index (χ2v) is 12.8. The van der Waals surface area contributed by atoms with Crippen molar-refractivity contribution in [3.05, 3.63) is 11.6 Å². The zero-order chi connectivity index (χ0) is 22.4. The van der Waals surface area contributed by atoms with Crippen molar-refractivity contribution in [2.24, 2.45) is 52.3 Å². The van der Waals surface area contributed by atoms with E-state index >= 15 is 0 Å². The summed E-state index contributed by atoms with van der Waals surface area (Å²) >= 11 is 0. The van der Waals surface area contributed by atoms with Gasteiger partial charge in [-0.25, -0.2) is 0 Å². The largest absolute Gasteiger partial charge is 0.396 e. The molecule has 4 rings (SSSR count). The Balaban J connectivity index is 1.46. The summed E-state index contributed by atoms with van der Waals surface area (Å²) < 4.78 is 0. The van der Waals surface area contributed by atoms with Crippen molar-refractivity contribution >= 4 is 0 Å². The molecule has 2 unspecified atom stereocenters. The summed E-state index contributed by atoms with van der Waals surface area (Å²) in [5.74, 6) is 5.43. The Bertz CT molecular complexity index is 655. The zero-order valence-corrected chi connectivity index (χ0v) is 21.1. The molecular weight excluding hydrogens is 380 g/mol. The fraction of sp³-hybridized carbons (Fsp3) is 0.931. The molecule has 0 aromatic heterocycles. The van der Waals surface area contributed by atoms with Crippen LogP contribution >= 0.6 is 0 Å². The average molecular weight is 431 g/mol. The number of aliphatic hydroxyl groups excluding tert-OH is 2. The van der Waals surface area contributed by atoms with Crippen LogP contribution in [-0.2, 0) is 0 Å². The molecule has 178 valence electrons. The first-order valence-corrected chi connectivity index (χ1v) is 13.7. The molecule has 0 aromatic carbocycles. The maximum Gasteiger partial charge on any atom is 0.0577 e. The first kappa shape index (κ1) is 23.8. The topological polar surface area (TPSA) is 40.5 Å². The Morgan fingerprint density at radius 2 is 1.81 bits per heavy atom. The predicted octanol–water partition coefficient (Wildman–Crippen LogP) is 7.00. The van der Waals surface area contributed by atoms with Crippen molar-refractivity contribution in [2.75, 3.05) is 6.61 Å². The van der Waals surface area contributed by atoms with E-state index in [0.717, 1.165) is 42.4 Å². The Hall–Kier alpha value is -0.340. The summed E-state index contributed by atoms with van der Waals surface area (Å²) in [5, 5.41) is 19.9. The first-order valence-electron chi connectivity index (χ1n) is 13.7. The van der Waals surface area contributed by atoms with Crippen LogP contribution in [-0.4, -0.2) is 22.9 Å². The fourth-order valence-corrected chi connectivity index (χ4v) is 9.34. The molecule has 0 amide bonds. The summed E-state index contributed by atoms with van der Waals surface area (Å²) in [6.45, 7) is 12.6. The number of aliphatic hydroxyl groups is 2. The molecule has 0 heterocycles. The van der Waals surface area contributed by atoms with E-state index in [4.69, 9.17) is 0 Å². The van der Waals surface area contributed by atoms with Gasteiger partial charge in [0, 0.05) is 6.61 Å². The van der Waals surface area contributed by atoms with Crippen molar-refractivity contribution in [1.29, 1.82) is 0 Å². The van der Waals surface area contributed by atoms with Gasteiger partial charge in [-0.3, -0.25) is 0 Å². The van der Waals surface area contributed by atoms with Gasteiger partial charge in [0.25, 0.3) is 0 Å². The highest BCUT2D eigenvalue weighted by molar-refractivity contribution is 5.25. The van der Waals surface area contributed by atoms with Gasteiger partial charge in [0.1, 0.15) is 0 Å². The SMILES string of the molecule is CCC(CC[C@@H](C)[C@H]1CC[C@H]2[C@@H]3CC=C4C[C@@H](O)CC[C@]4(C)[C@H]3CC[C@]12C)C(C)CO.